The fourth-order valence-corrected chi connectivity index (χ4v) is 4.46. The monoisotopic (exact) mass is 491 g/mol. The van der Waals surface area contributed by atoms with Gasteiger partial charge >= 0.3 is 5.97 Å². The van der Waals surface area contributed by atoms with Gasteiger partial charge in [0.25, 0.3) is 5.56 Å². The molecule has 0 aliphatic rings. The molecular formula is C20H21N5O6S2. The number of aromatic amines is 1. The third-order valence-corrected chi connectivity index (χ3v) is 7.11. The third kappa shape index (κ3) is 5.38. The quantitative estimate of drug-likeness (QED) is 0.284. The van der Waals surface area contributed by atoms with Gasteiger partial charge < -0.3 is 15.0 Å². The van der Waals surface area contributed by atoms with Crippen molar-refractivity contribution in [1.82, 2.24) is 19.3 Å². The number of esters is 1. The first-order valence-electron chi connectivity index (χ1n) is 9.48. The van der Waals surface area contributed by atoms with Crippen LogP contribution in [0, 0.1) is 6.92 Å². The zero-order valence-corrected chi connectivity index (χ0v) is 19.8. The molecule has 2 N–H and O–H groups in total. The number of carbonyl (C=O) groups excluding carboxylic acids is 2. The molecular weight excluding hydrogens is 470 g/mol. The molecule has 0 bridgehead atoms. The summed E-state index contributed by atoms with van der Waals surface area (Å²) >= 11 is 0.956. The number of amides is 1. The Labute approximate surface area is 193 Å². The van der Waals surface area contributed by atoms with E-state index in [9.17, 15) is 22.8 Å². The Hall–Kier alpha value is -3.29. The number of aryl methyl sites for hydroxylation is 1. The molecule has 2 heterocycles. The van der Waals surface area contributed by atoms with Crippen molar-refractivity contribution in [2.75, 3.05) is 32.3 Å². The van der Waals surface area contributed by atoms with Crippen LogP contribution < -0.4 is 10.9 Å². The molecule has 174 valence electrons. The van der Waals surface area contributed by atoms with Gasteiger partial charge in [0.05, 0.1) is 28.7 Å². The predicted octanol–water partition coefficient (Wildman–Crippen LogP) is 1.39. The molecule has 1 aromatic carbocycles. The topological polar surface area (TPSA) is 151 Å². The van der Waals surface area contributed by atoms with E-state index >= 15 is 0 Å². The normalized spacial score (nSPS) is 11.5. The molecule has 0 aliphatic carbocycles. The number of H-pyrrole nitrogens is 1. The van der Waals surface area contributed by atoms with Crippen molar-refractivity contribution in [3.8, 4) is 0 Å². The minimum Gasteiger partial charge on any atom is -0.465 e. The molecule has 0 radical (unpaired) electrons. The van der Waals surface area contributed by atoms with Crippen LogP contribution in [0.25, 0.3) is 11.0 Å². The zero-order valence-electron chi connectivity index (χ0n) is 18.2. The minimum absolute atomic E-state index is 0.000156. The Balaban J connectivity index is 1.78. The number of nitrogens with zero attached hydrogens (tertiary/aromatic N) is 3. The largest absolute Gasteiger partial charge is 0.465 e. The SMILES string of the molecule is COC(=O)c1cc(C)nc2nc(SCC(=O)Nc3cccc(S(=O)(=O)N(C)C)c3)[nH]c(=O)c12. The van der Waals surface area contributed by atoms with E-state index in [-0.39, 0.29) is 32.4 Å². The highest BCUT2D eigenvalue weighted by atomic mass is 32.2. The molecule has 2 aromatic heterocycles. The second-order valence-electron chi connectivity index (χ2n) is 7.02. The van der Waals surface area contributed by atoms with E-state index in [1.165, 1.54) is 45.5 Å². The number of ether oxygens (including phenoxy) is 1. The lowest BCUT2D eigenvalue weighted by Gasteiger charge is -2.12. The average Bonchev–Trinajstić information content (AvgIpc) is 2.76. The number of fused-ring (bicyclic) bond motifs is 1. The molecule has 3 aromatic rings. The number of anilines is 1. The number of nitrogens with one attached hydrogen (secondary N) is 2. The zero-order chi connectivity index (χ0) is 24.3. The lowest BCUT2D eigenvalue weighted by molar-refractivity contribution is -0.113. The first kappa shape index (κ1) is 24.4. The van der Waals surface area contributed by atoms with Crippen molar-refractivity contribution in [1.29, 1.82) is 0 Å². The van der Waals surface area contributed by atoms with Gasteiger partial charge in [-0.05, 0) is 31.2 Å². The number of hydrogen-bond acceptors (Lipinski definition) is 9. The van der Waals surface area contributed by atoms with Crippen LogP contribution in [0.1, 0.15) is 16.1 Å². The summed E-state index contributed by atoms with van der Waals surface area (Å²) in [5.41, 5.74) is 0.308. The van der Waals surface area contributed by atoms with Gasteiger partial charge in [-0.1, -0.05) is 17.8 Å². The summed E-state index contributed by atoms with van der Waals surface area (Å²) in [4.78, 5) is 48.0. The summed E-state index contributed by atoms with van der Waals surface area (Å²) in [5, 5.41) is 2.76. The molecule has 0 fully saturated rings. The summed E-state index contributed by atoms with van der Waals surface area (Å²) in [7, 11) is 0.396. The van der Waals surface area contributed by atoms with Crippen molar-refractivity contribution in [2.45, 2.75) is 17.0 Å². The van der Waals surface area contributed by atoms with Gasteiger partial charge in [-0.25, -0.2) is 27.5 Å². The maximum atomic E-state index is 12.6. The number of methoxy groups -OCH3 is 1. The Morgan fingerprint density at radius 2 is 1.94 bits per heavy atom. The maximum Gasteiger partial charge on any atom is 0.338 e. The fourth-order valence-electron chi connectivity index (χ4n) is 2.86. The predicted molar refractivity (Wildman–Crippen MR) is 123 cm³/mol. The van der Waals surface area contributed by atoms with Crippen LogP contribution in [0.2, 0.25) is 0 Å². The van der Waals surface area contributed by atoms with Crippen LogP contribution in [0.5, 0.6) is 0 Å². The van der Waals surface area contributed by atoms with Gasteiger partial charge in [-0.15, -0.1) is 0 Å². The average molecular weight is 492 g/mol. The summed E-state index contributed by atoms with van der Waals surface area (Å²) < 4.78 is 30.3. The number of hydrogen-bond donors (Lipinski definition) is 2. The first-order chi connectivity index (χ1) is 15.5. The van der Waals surface area contributed by atoms with Gasteiger partial charge in [0, 0.05) is 25.5 Å². The second kappa shape index (κ2) is 9.68. The van der Waals surface area contributed by atoms with Gasteiger partial charge in [-0.2, -0.15) is 0 Å². The highest BCUT2D eigenvalue weighted by Gasteiger charge is 2.19. The van der Waals surface area contributed by atoms with Gasteiger partial charge in [0.15, 0.2) is 10.8 Å². The number of pyridine rings is 1. The Morgan fingerprint density at radius 3 is 2.61 bits per heavy atom. The van der Waals surface area contributed by atoms with Gasteiger partial charge in [0.1, 0.15) is 0 Å². The van der Waals surface area contributed by atoms with Crippen molar-refractivity contribution in [2.24, 2.45) is 0 Å². The Bertz CT molecular complexity index is 1400. The number of rotatable bonds is 7. The second-order valence-corrected chi connectivity index (χ2v) is 10.1. The molecule has 13 heteroatoms. The van der Waals surface area contributed by atoms with E-state index in [2.05, 4.69) is 20.3 Å². The third-order valence-electron chi connectivity index (χ3n) is 4.43. The number of aromatic nitrogens is 3. The fraction of sp³-hybridized carbons (Fsp3) is 0.250. The molecule has 0 atom stereocenters. The highest BCUT2D eigenvalue weighted by molar-refractivity contribution is 7.99. The van der Waals surface area contributed by atoms with E-state index in [1.807, 2.05) is 0 Å². The molecule has 0 unspecified atom stereocenters. The van der Waals surface area contributed by atoms with Crippen LogP contribution in [0.3, 0.4) is 0 Å². The summed E-state index contributed by atoms with van der Waals surface area (Å²) in [5.74, 6) is -1.24. The number of sulfonamides is 1. The molecule has 0 aliphatic heterocycles. The smallest absolute Gasteiger partial charge is 0.338 e. The van der Waals surface area contributed by atoms with Crippen molar-refractivity contribution < 1.29 is 22.7 Å². The van der Waals surface area contributed by atoms with Crippen molar-refractivity contribution in [3.05, 3.63) is 51.9 Å². The van der Waals surface area contributed by atoms with Gasteiger partial charge in [-0.3, -0.25) is 9.59 Å². The Morgan fingerprint density at radius 1 is 1.21 bits per heavy atom. The van der Waals surface area contributed by atoms with Crippen LogP contribution in [0.4, 0.5) is 5.69 Å². The van der Waals surface area contributed by atoms with E-state index in [0.717, 1.165) is 16.1 Å². The molecule has 0 saturated heterocycles. The molecule has 0 spiro atoms. The summed E-state index contributed by atoms with van der Waals surface area (Å²) in [6, 6.07) is 7.31. The number of thioether (sulfide) groups is 1. The summed E-state index contributed by atoms with van der Waals surface area (Å²) in [6.07, 6.45) is 0. The first-order valence-corrected chi connectivity index (χ1v) is 11.9. The summed E-state index contributed by atoms with van der Waals surface area (Å²) in [6.45, 7) is 1.65. The van der Waals surface area contributed by atoms with Crippen LogP contribution in [-0.2, 0) is 19.6 Å². The van der Waals surface area contributed by atoms with Gasteiger partial charge in [0.2, 0.25) is 15.9 Å². The van der Waals surface area contributed by atoms with Crippen LogP contribution in [-0.4, -0.2) is 66.5 Å². The molecule has 33 heavy (non-hydrogen) atoms. The van der Waals surface area contributed by atoms with Crippen LogP contribution in [0.15, 0.2) is 45.2 Å². The molecule has 3 rings (SSSR count). The number of benzene rings is 1. The van der Waals surface area contributed by atoms with Crippen molar-refractivity contribution >= 4 is 50.4 Å². The standard InChI is InChI=1S/C20H21N5O6S2/c1-11-8-14(19(28)31-4)16-17(21-11)23-20(24-18(16)27)32-10-15(26)22-12-6-5-7-13(9-12)33(29,30)25(2)3/h5-9H,10H2,1-4H3,(H,22,26)(H,21,23,24,27). The van der Waals surface area contributed by atoms with E-state index in [4.69, 9.17) is 4.74 Å². The lowest BCUT2D eigenvalue weighted by Crippen LogP contribution is -2.22. The highest BCUT2D eigenvalue weighted by Crippen LogP contribution is 2.20. The van der Waals surface area contributed by atoms with E-state index in [1.54, 1.807) is 13.0 Å². The molecule has 11 nitrogen and oxygen atoms in total. The maximum absolute atomic E-state index is 12.6. The molecule has 0 saturated carbocycles. The van der Waals surface area contributed by atoms with Crippen LogP contribution >= 0.6 is 11.8 Å². The van der Waals surface area contributed by atoms with E-state index in [0.29, 0.717) is 11.4 Å². The Kier molecular flexibility index (Phi) is 7.15. The number of carbonyl (C=O) groups is 2. The van der Waals surface area contributed by atoms with Crippen molar-refractivity contribution in [3.63, 3.8) is 0 Å². The lowest BCUT2D eigenvalue weighted by atomic mass is 10.1. The molecule has 1 amide bonds. The van der Waals surface area contributed by atoms with E-state index < -0.39 is 27.5 Å². The minimum atomic E-state index is -3.64.